The molecule has 20 heavy (non-hydrogen) atoms. The first-order valence-corrected chi connectivity index (χ1v) is 7.97. The number of nitrogens with two attached hydrogens (primary N) is 1. The van der Waals surface area contributed by atoms with Gasteiger partial charge >= 0.3 is 0 Å². The van der Waals surface area contributed by atoms with Crippen LogP contribution in [0.2, 0.25) is 0 Å². The summed E-state index contributed by atoms with van der Waals surface area (Å²) < 4.78 is 29.4. The van der Waals surface area contributed by atoms with Gasteiger partial charge in [-0.15, -0.1) is 10.2 Å². The molecule has 0 saturated carbocycles. The van der Waals surface area contributed by atoms with Crippen molar-refractivity contribution in [1.82, 2.24) is 19.5 Å². The van der Waals surface area contributed by atoms with Crippen molar-refractivity contribution >= 4 is 31.6 Å². The maximum atomic E-state index is 12.3. The van der Waals surface area contributed by atoms with E-state index in [1.165, 1.54) is 12.4 Å². The van der Waals surface area contributed by atoms with Gasteiger partial charge in [-0.25, -0.2) is 13.1 Å². The van der Waals surface area contributed by atoms with Crippen molar-refractivity contribution < 1.29 is 8.42 Å². The minimum absolute atomic E-state index is 0.0602. The summed E-state index contributed by atoms with van der Waals surface area (Å²) in [5, 5.41) is 7.51. The molecule has 0 saturated heterocycles. The Balaban J connectivity index is 2.29. The predicted molar refractivity (Wildman–Crippen MR) is 78.3 cm³/mol. The van der Waals surface area contributed by atoms with E-state index in [2.05, 4.69) is 30.8 Å². The number of aryl methyl sites for hydroxylation is 1. The molecule has 108 valence electrons. The summed E-state index contributed by atoms with van der Waals surface area (Å²) in [6.07, 6.45) is 1.51. The fraction of sp³-hybridized carbons (Fsp3) is 0.273. The van der Waals surface area contributed by atoms with Crippen molar-refractivity contribution in [2.24, 2.45) is 7.05 Å². The molecule has 1 heterocycles. The lowest BCUT2D eigenvalue weighted by Gasteiger charge is -2.11. The molecule has 0 aliphatic carbocycles. The van der Waals surface area contributed by atoms with Crippen LogP contribution in [0.5, 0.6) is 0 Å². The van der Waals surface area contributed by atoms with E-state index in [4.69, 9.17) is 5.73 Å². The molecule has 0 aliphatic rings. The van der Waals surface area contributed by atoms with Crippen LogP contribution in [0.25, 0.3) is 0 Å². The zero-order chi connectivity index (χ0) is 14.9. The summed E-state index contributed by atoms with van der Waals surface area (Å²) in [7, 11) is -1.93. The summed E-state index contributed by atoms with van der Waals surface area (Å²) in [5.41, 5.74) is 6.71. The van der Waals surface area contributed by atoms with E-state index in [0.717, 1.165) is 0 Å². The van der Waals surface area contributed by atoms with Crippen molar-refractivity contribution in [2.45, 2.75) is 18.4 Å². The van der Waals surface area contributed by atoms with Crippen LogP contribution in [0.1, 0.15) is 11.4 Å². The third-order valence-corrected chi connectivity index (χ3v) is 4.87. The van der Waals surface area contributed by atoms with Gasteiger partial charge in [-0.05, 0) is 24.6 Å². The predicted octanol–water partition coefficient (Wildman–Crippen LogP) is 0.947. The van der Waals surface area contributed by atoms with E-state index >= 15 is 0 Å². The van der Waals surface area contributed by atoms with Crippen molar-refractivity contribution in [3.8, 4) is 0 Å². The fourth-order valence-corrected chi connectivity index (χ4v) is 3.56. The van der Waals surface area contributed by atoms with Gasteiger partial charge in [0.15, 0.2) is 0 Å². The van der Waals surface area contributed by atoms with Crippen LogP contribution in [-0.2, 0) is 23.6 Å². The highest BCUT2D eigenvalue weighted by atomic mass is 79.9. The molecule has 0 spiro atoms. The number of aromatic nitrogens is 3. The Morgan fingerprint density at radius 2 is 2.15 bits per heavy atom. The van der Waals surface area contributed by atoms with Gasteiger partial charge in [-0.2, -0.15) is 0 Å². The summed E-state index contributed by atoms with van der Waals surface area (Å²) in [6, 6.07) is 3.18. The first-order chi connectivity index (χ1) is 9.31. The van der Waals surface area contributed by atoms with Gasteiger partial charge < -0.3 is 10.3 Å². The molecule has 3 N–H and O–H groups in total. The van der Waals surface area contributed by atoms with Gasteiger partial charge in [0.25, 0.3) is 0 Å². The SMILES string of the molecule is Cc1c(N)cc(Br)cc1S(=O)(=O)NCc1nncn1C. The Kier molecular flexibility index (Phi) is 4.11. The van der Waals surface area contributed by atoms with Crippen LogP contribution in [0.4, 0.5) is 5.69 Å². The second-order valence-corrected chi connectivity index (χ2v) is 6.95. The van der Waals surface area contributed by atoms with Gasteiger partial charge in [-0.3, -0.25) is 0 Å². The summed E-state index contributed by atoms with van der Waals surface area (Å²) in [4.78, 5) is 0.145. The molecule has 7 nitrogen and oxygen atoms in total. The van der Waals surface area contributed by atoms with Gasteiger partial charge in [0.05, 0.1) is 11.4 Å². The average Bonchev–Trinajstić information content (AvgIpc) is 2.77. The van der Waals surface area contributed by atoms with Crippen molar-refractivity contribution in [3.63, 3.8) is 0 Å². The lowest BCUT2D eigenvalue weighted by molar-refractivity contribution is 0.577. The number of nitrogens with zero attached hydrogens (tertiary/aromatic N) is 3. The third-order valence-electron chi connectivity index (χ3n) is 2.88. The van der Waals surface area contributed by atoms with Crippen molar-refractivity contribution in [2.75, 3.05) is 5.73 Å². The number of sulfonamides is 1. The molecule has 9 heteroatoms. The van der Waals surface area contributed by atoms with E-state index < -0.39 is 10.0 Å². The van der Waals surface area contributed by atoms with Crippen LogP contribution in [0.15, 0.2) is 27.8 Å². The van der Waals surface area contributed by atoms with Crippen LogP contribution in [-0.4, -0.2) is 23.2 Å². The summed E-state index contributed by atoms with van der Waals surface area (Å²) >= 11 is 3.24. The van der Waals surface area contributed by atoms with Crippen molar-refractivity contribution in [3.05, 3.63) is 34.3 Å². The molecule has 2 aromatic rings. The molecule has 2 rings (SSSR count). The molecule has 1 aromatic carbocycles. The van der Waals surface area contributed by atoms with Crippen LogP contribution in [0.3, 0.4) is 0 Å². The molecule has 0 fully saturated rings. The molecule has 1 aromatic heterocycles. The molecule has 0 radical (unpaired) electrons. The normalized spacial score (nSPS) is 11.8. The average molecular weight is 360 g/mol. The Labute approximate surface area is 125 Å². The third kappa shape index (κ3) is 3.00. The van der Waals surface area contributed by atoms with Gasteiger partial charge in [0.1, 0.15) is 12.2 Å². The smallest absolute Gasteiger partial charge is 0.241 e. The second-order valence-electron chi connectivity index (χ2n) is 4.30. The lowest BCUT2D eigenvalue weighted by atomic mass is 10.2. The topological polar surface area (TPSA) is 103 Å². The zero-order valence-corrected chi connectivity index (χ0v) is 13.4. The molecule has 0 amide bonds. The maximum Gasteiger partial charge on any atom is 0.241 e. The van der Waals surface area contributed by atoms with E-state index in [1.54, 1.807) is 24.6 Å². The van der Waals surface area contributed by atoms with E-state index in [1.807, 2.05) is 0 Å². The van der Waals surface area contributed by atoms with E-state index in [9.17, 15) is 8.42 Å². The largest absolute Gasteiger partial charge is 0.398 e. The molecule has 0 aliphatic heterocycles. The highest BCUT2D eigenvalue weighted by Crippen LogP contribution is 2.26. The van der Waals surface area contributed by atoms with Gasteiger partial charge in [-0.1, -0.05) is 15.9 Å². The Bertz CT molecular complexity index is 741. The monoisotopic (exact) mass is 359 g/mol. The van der Waals surface area contributed by atoms with Gasteiger partial charge in [0.2, 0.25) is 10.0 Å². The van der Waals surface area contributed by atoms with E-state index in [-0.39, 0.29) is 11.4 Å². The highest BCUT2D eigenvalue weighted by molar-refractivity contribution is 9.10. The van der Waals surface area contributed by atoms with Crippen LogP contribution >= 0.6 is 15.9 Å². The second kappa shape index (κ2) is 5.51. The maximum absolute atomic E-state index is 12.3. The number of benzene rings is 1. The summed E-state index contributed by atoms with van der Waals surface area (Å²) in [6.45, 7) is 1.73. The molecule has 0 unspecified atom stereocenters. The number of halogens is 1. The highest BCUT2D eigenvalue weighted by Gasteiger charge is 2.19. The van der Waals surface area contributed by atoms with Crippen molar-refractivity contribution in [1.29, 1.82) is 0 Å². The Morgan fingerprint density at radius 3 is 2.75 bits per heavy atom. The minimum Gasteiger partial charge on any atom is -0.398 e. The first-order valence-electron chi connectivity index (χ1n) is 5.69. The molecule has 0 atom stereocenters. The fourth-order valence-electron chi connectivity index (χ4n) is 1.66. The number of nitrogen functional groups attached to an aromatic ring is 1. The Hall–Kier alpha value is -1.45. The minimum atomic E-state index is -3.67. The number of nitrogens with one attached hydrogen (secondary N) is 1. The number of rotatable bonds is 4. The first kappa shape index (κ1) is 14.9. The number of anilines is 1. The number of hydrogen-bond acceptors (Lipinski definition) is 5. The molecular weight excluding hydrogens is 346 g/mol. The number of hydrogen-bond donors (Lipinski definition) is 2. The van der Waals surface area contributed by atoms with Crippen LogP contribution < -0.4 is 10.5 Å². The lowest BCUT2D eigenvalue weighted by Crippen LogP contribution is -2.25. The standard InChI is InChI=1S/C11H14BrN5O2S/c1-7-9(13)3-8(12)4-10(7)20(18,19)15-5-11-16-14-6-17(11)2/h3-4,6,15H,5,13H2,1-2H3. The molecular formula is C11H14BrN5O2S. The quantitative estimate of drug-likeness (QED) is 0.791. The zero-order valence-electron chi connectivity index (χ0n) is 11.0. The van der Waals surface area contributed by atoms with Crippen LogP contribution in [0, 0.1) is 6.92 Å². The summed E-state index contributed by atoms with van der Waals surface area (Å²) in [5.74, 6) is 0.522. The molecule has 0 bridgehead atoms. The Morgan fingerprint density at radius 1 is 1.45 bits per heavy atom. The van der Waals surface area contributed by atoms with E-state index in [0.29, 0.717) is 21.5 Å². The van der Waals surface area contributed by atoms with Gasteiger partial charge in [0, 0.05) is 17.2 Å².